The van der Waals surface area contributed by atoms with Gasteiger partial charge in [0.15, 0.2) is 0 Å². The van der Waals surface area contributed by atoms with E-state index < -0.39 is 0 Å². The fraction of sp³-hybridized carbons (Fsp3) is 0.379. The highest BCUT2D eigenvalue weighted by atomic mass is 79.9. The number of aryl methyl sites for hydroxylation is 1. The molecule has 12 heteroatoms. The van der Waals surface area contributed by atoms with Gasteiger partial charge in [-0.05, 0) is 66.5 Å². The van der Waals surface area contributed by atoms with Crippen LogP contribution in [-0.2, 0) is 0 Å². The van der Waals surface area contributed by atoms with Gasteiger partial charge in [0.2, 0.25) is 5.95 Å². The number of fused-ring (bicyclic) bond motifs is 1. The van der Waals surface area contributed by atoms with E-state index >= 15 is 0 Å². The van der Waals surface area contributed by atoms with Crippen LogP contribution in [0.25, 0.3) is 11.0 Å². The average molecular weight is 637 g/mol. The smallest absolute Gasteiger partial charge is 0.229 e. The number of hydrogen-bond donors (Lipinski definition) is 2. The summed E-state index contributed by atoms with van der Waals surface area (Å²) in [5, 5.41) is 6.94. The molecule has 2 aliphatic rings. The lowest BCUT2D eigenvalue weighted by molar-refractivity contribution is 0.312. The van der Waals surface area contributed by atoms with Crippen LogP contribution in [0.3, 0.4) is 0 Å². The Bertz CT molecular complexity index is 1560. The summed E-state index contributed by atoms with van der Waals surface area (Å²) in [6.45, 7) is 6.22. The molecule has 0 spiro atoms. The maximum Gasteiger partial charge on any atom is 0.229 e. The van der Waals surface area contributed by atoms with Crippen molar-refractivity contribution in [3.05, 3.63) is 52.9 Å². The van der Waals surface area contributed by atoms with E-state index in [4.69, 9.17) is 14.7 Å². The minimum atomic E-state index is 0.465. The van der Waals surface area contributed by atoms with Gasteiger partial charge in [-0.1, -0.05) is 11.9 Å². The summed E-state index contributed by atoms with van der Waals surface area (Å²) in [6.07, 6.45) is 9.65. The van der Waals surface area contributed by atoms with E-state index in [1.54, 1.807) is 37.6 Å². The van der Waals surface area contributed by atoms with Gasteiger partial charge in [-0.3, -0.25) is 9.97 Å². The molecule has 10 nitrogen and oxygen atoms in total. The highest BCUT2D eigenvalue weighted by Gasteiger charge is 2.32. The second kappa shape index (κ2) is 11.9. The molecular formula is C29H34BrN9OS. The van der Waals surface area contributed by atoms with Crippen LogP contribution in [0.2, 0.25) is 0 Å². The normalized spacial score (nSPS) is 15.7. The van der Waals surface area contributed by atoms with Gasteiger partial charge in [-0.2, -0.15) is 4.98 Å². The first kappa shape index (κ1) is 27.8. The third-order valence-electron chi connectivity index (χ3n) is 7.52. The number of nitrogens with one attached hydrogen (secondary N) is 2. The van der Waals surface area contributed by atoms with Gasteiger partial charge in [-0.15, -0.1) is 0 Å². The Labute approximate surface area is 253 Å². The number of likely N-dealkylation sites (N-methyl/N-ethyl adjacent to an activating group) is 1. The SMILES string of the molecule is COc1cc(N2CCN(C)CC2)c(C)cc1Nc1ncc(Br)c(Nc2ccc3nccnc3c2N(SC)C2CC2)n1. The van der Waals surface area contributed by atoms with E-state index in [1.807, 2.05) is 12.1 Å². The molecule has 214 valence electrons. The number of hydrogen-bond acceptors (Lipinski definition) is 11. The minimum Gasteiger partial charge on any atom is -0.494 e. The Morgan fingerprint density at radius 2 is 1.80 bits per heavy atom. The van der Waals surface area contributed by atoms with Crippen molar-refractivity contribution in [3.8, 4) is 5.75 Å². The van der Waals surface area contributed by atoms with Crippen molar-refractivity contribution in [3.63, 3.8) is 0 Å². The van der Waals surface area contributed by atoms with E-state index in [9.17, 15) is 0 Å². The predicted octanol–water partition coefficient (Wildman–Crippen LogP) is 5.99. The second-order valence-corrected chi connectivity index (χ2v) is 12.0. The van der Waals surface area contributed by atoms with Crippen molar-refractivity contribution in [2.24, 2.45) is 0 Å². The summed E-state index contributed by atoms with van der Waals surface area (Å²) < 4.78 is 8.89. The summed E-state index contributed by atoms with van der Waals surface area (Å²) >= 11 is 5.35. The monoisotopic (exact) mass is 635 g/mol. The number of methoxy groups -OCH3 is 1. The van der Waals surface area contributed by atoms with Crippen molar-refractivity contribution >= 4 is 73.4 Å². The molecule has 0 unspecified atom stereocenters. The maximum absolute atomic E-state index is 5.80. The number of anilines is 6. The Hall–Kier alpha value is -3.35. The van der Waals surface area contributed by atoms with Crippen LogP contribution in [0.1, 0.15) is 18.4 Å². The molecule has 1 saturated carbocycles. The first-order valence-electron chi connectivity index (χ1n) is 13.7. The van der Waals surface area contributed by atoms with Crippen molar-refractivity contribution in [1.29, 1.82) is 0 Å². The van der Waals surface area contributed by atoms with Gasteiger partial charge >= 0.3 is 0 Å². The summed E-state index contributed by atoms with van der Waals surface area (Å²) in [6, 6.07) is 8.73. The van der Waals surface area contributed by atoms with Crippen LogP contribution < -0.4 is 24.6 Å². The fourth-order valence-corrected chi connectivity index (χ4v) is 6.34. The number of piperazine rings is 1. The average Bonchev–Trinajstić information content (AvgIpc) is 3.82. The van der Waals surface area contributed by atoms with Crippen molar-refractivity contribution in [2.75, 3.05) is 66.4 Å². The van der Waals surface area contributed by atoms with E-state index in [0.717, 1.165) is 77.3 Å². The molecule has 41 heavy (non-hydrogen) atoms. The van der Waals surface area contributed by atoms with Crippen LogP contribution in [0.15, 0.2) is 47.3 Å². The van der Waals surface area contributed by atoms with Crippen molar-refractivity contribution in [1.82, 2.24) is 24.8 Å². The number of ether oxygens (including phenoxy) is 1. The Morgan fingerprint density at radius 3 is 2.54 bits per heavy atom. The Balaban J connectivity index is 1.30. The summed E-state index contributed by atoms with van der Waals surface area (Å²) in [5.74, 6) is 1.86. The summed E-state index contributed by atoms with van der Waals surface area (Å²) in [4.78, 5) is 23.4. The molecule has 2 N–H and O–H groups in total. The van der Waals surface area contributed by atoms with Crippen LogP contribution in [0, 0.1) is 6.92 Å². The molecule has 0 atom stereocenters. The van der Waals surface area contributed by atoms with Gasteiger partial charge in [0.1, 0.15) is 17.1 Å². The number of benzene rings is 2. The van der Waals surface area contributed by atoms with Crippen LogP contribution in [-0.4, -0.2) is 77.5 Å². The fourth-order valence-electron chi connectivity index (χ4n) is 5.17. The Morgan fingerprint density at radius 1 is 1.02 bits per heavy atom. The van der Waals surface area contributed by atoms with Gasteiger partial charge in [0.25, 0.3) is 0 Å². The quantitative estimate of drug-likeness (QED) is 0.213. The molecule has 0 bridgehead atoms. The van der Waals surface area contributed by atoms with Gasteiger partial charge in [0.05, 0.1) is 34.2 Å². The third kappa shape index (κ3) is 5.86. The number of nitrogens with zero attached hydrogens (tertiary/aromatic N) is 7. The first-order chi connectivity index (χ1) is 19.9. The standard InChI is InChI=1S/C29H34BrN9OS/c1-18-15-23(25(40-3)16-24(18)38-13-11-37(2)12-14-38)35-29-33-17-20(30)28(36-29)34-22-8-7-21-26(32-10-9-31-21)27(22)39(41-4)19-5-6-19/h7-10,15-17,19H,5-6,11-14H2,1-4H3,(H2,33,34,35,36). The molecule has 0 radical (unpaired) electrons. The van der Waals surface area contributed by atoms with Crippen LogP contribution in [0.5, 0.6) is 5.75 Å². The molecule has 2 fully saturated rings. The molecule has 4 aromatic rings. The topological polar surface area (TPSA) is 94.6 Å². The number of halogens is 1. The highest BCUT2D eigenvalue weighted by molar-refractivity contribution is 9.10. The Kier molecular flexibility index (Phi) is 8.05. The minimum absolute atomic E-state index is 0.465. The molecule has 1 aliphatic carbocycles. The molecule has 2 aromatic carbocycles. The van der Waals surface area contributed by atoms with E-state index in [2.05, 4.69) is 83.0 Å². The highest BCUT2D eigenvalue weighted by Crippen LogP contribution is 2.44. The predicted molar refractivity (Wildman–Crippen MR) is 172 cm³/mol. The van der Waals surface area contributed by atoms with Crippen LogP contribution in [0.4, 0.5) is 34.5 Å². The van der Waals surface area contributed by atoms with Crippen LogP contribution >= 0.6 is 27.9 Å². The lowest BCUT2D eigenvalue weighted by Gasteiger charge is -2.35. The molecule has 3 heterocycles. The van der Waals surface area contributed by atoms with Crippen molar-refractivity contribution < 1.29 is 4.74 Å². The number of aromatic nitrogens is 4. The molecule has 1 aliphatic heterocycles. The van der Waals surface area contributed by atoms with Gasteiger partial charge in [0, 0.05) is 68.8 Å². The zero-order chi connectivity index (χ0) is 28.5. The zero-order valence-electron chi connectivity index (χ0n) is 23.7. The first-order valence-corrected chi connectivity index (χ1v) is 15.7. The van der Waals surface area contributed by atoms with E-state index in [1.165, 1.54) is 11.3 Å². The zero-order valence-corrected chi connectivity index (χ0v) is 26.1. The molecule has 6 rings (SSSR count). The van der Waals surface area contributed by atoms with E-state index in [-0.39, 0.29) is 0 Å². The lowest BCUT2D eigenvalue weighted by Crippen LogP contribution is -2.44. The molecule has 0 amide bonds. The second-order valence-electron chi connectivity index (χ2n) is 10.4. The largest absolute Gasteiger partial charge is 0.494 e. The third-order valence-corrected chi connectivity index (χ3v) is 8.97. The molecular weight excluding hydrogens is 602 g/mol. The maximum atomic E-state index is 5.80. The summed E-state index contributed by atoms with van der Waals surface area (Å²) in [5.41, 5.74) is 6.84. The summed E-state index contributed by atoms with van der Waals surface area (Å²) in [7, 11) is 3.86. The lowest BCUT2D eigenvalue weighted by atomic mass is 10.1. The number of rotatable bonds is 9. The molecule has 1 saturated heterocycles. The molecule has 2 aromatic heterocycles. The van der Waals surface area contributed by atoms with Gasteiger partial charge in [-0.25, -0.2) is 4.98 Å². The van der Waals surface area contributed by atoms with Crippen molar-refractivity contribution in [2.45, 2.75) is 25.8 Å². The van der Waals surface area contributed by atoms with E-state index in [0.29, 0.717) is 17.8 Å². The van der Waals surface area contributed by atoms with Gasteiger partial charge < -0.3 is 29.5 Å².